The molecule has 3 rings (SSSR count). The number of amides is 2. The number of carbonyl (C=O) groups excluding carboxylic acids is 2. The van der Waals surface area contributed by atoms with E-state index < -0.39 is 0 Å². The van der Waals surface area contributed by atoms with Gasteiger partial charge in [-0.2, -0.15) is 0 Å². The first-order valence-electron chi connectivity index (χ1n) is 7.98. The zero-order chi connectivity index (χ0) is 13.9. The number of hydrogen-bond acceptors (Lipinski definition) is 2. The number of nitrogens with zero attached hydrogens (tertiary/aromatic N) is 2. The summed E-state index contributed by atoms with van der Waals surface area (Å²) in [7, 11) is 0. The first-order chi connectivity index (χ1) is 9.75. The lowest BCUT2D eigenvalue weighted by Crippen LogP contribution is -2.47. The molecule has 110 valence electrons. The van der Waals surface area contributed by atoms with Crippen LogP contribution in [0.3, 0.4) is 0 Å². The number of hydrogen-bond donors (Lipinski definition) is 0. The third-order valence-corrected chi connectivity index (χ3v) is 4.86. The van der Waals surface area contributed by atoms with Crippen molar-refractivity contribution < 1.29 is 9.59 Å². The van der Waals surface area contributed by atoms with Crippen molar-refractivity contribution >= 4 is 11.8 Å². The van der Waals surface area contributed by atoms with Crippen LogP contribution >= 0.6 is 0 Å². The first-order valence-corrected chi connectivity index (χ1v) is 7.98. The van der Waals surface area contributed by atoms with Gasteiger partial charge >= 0.3 is 0 Å². The number of allylic oxidation sites excluding steroid dienone is 2. The van der Waals surface area contributed by atoms with Crippen molar-refractivity contribution in [2.75, 3.05) is 26.2 Å². The Bertz CT molecular complexity index is 385. The molecule has 0 radical (unpaired) electrons. The molecule has 0 unspecified atom stereocenters. The molecule has 3 aliphatic rings. The predicted molar refractivity (Wildman–Crippen MR) is 77.0 cm³/mol. The average Bonchev–Trinajstić information content (AvgIpc) is 3.18. The molecule has 1 aliphatic carbocycles. The highest BCUT2D eigenvalue weighted by Crippen LogP contribution is 2.26. The summed E-state index contributed by atoms with van der Waals surface area (Å²) >= 11 is 0. The fourth-order valence-electron chi connectivity index (χ4n) is 3.65. The summed E-state index contributed by atoms with van der Waals surface area (Å²) in [5.74, 6) is 0.717. The second-order valence-corrected chi connectivity index (χ2v) is 6.30. The van der Waals surface area contributed by atoms with Crippen molar-refractivity contribution in [2.24, 2.45) is 11.8 Å². The molecule has 0 aromatic heterocycles. The van der Waals surface area contributed by atoms with Gasteiger partial charge in [0, 0.05) is 32.1 Å². The molecule has 2 heterocycles. The van der Waals surface area contributed by atoms with Crippen LogP contribution in [0.15, 0.2) is 12.2 Å². The van der Waals surface area contributed by atoms with Gasteiger partial charge in [0.25, 0.3) is 0 Å². The van der Waals surface area contributed by atoms with E-state index in [1.165, 1.54) is 0 Å². The second kappa shape index (κ2) is 5.98. The molecule has 0 spiro atoms. The Hall–Kier alpha value is -1.32. The largest absolute Gasteiger partial charge is 0.342 e. The summed E-state index contributed by atoms with van der Waals surface area (Å²) in [5, 5.41) is 0. The van der Waals surface area contributed by atoms with E-state index in [2.05, 4.69) is 12.2 Å². The lowest BCUT2D eigenvalue weighted by atomic mass is 9.94. The Morgan fingerprint density at radius 2 is 1.40 bits per heavy atom. The van der Waals surface area contributed by atoms with Crippen molar-refractivity contribution in [1.82, 2.24) is 9.80 Å². The van der Waals surface area contributed by atoms with Crippen LogP contribution in [0.2, 0.25) is 0 Å². The van der Waals surface area contributed by atoms with Gasteiger partial charge in [-0.25, -0.2) is 0 Å². The molecule has 0 saturated carbocycles. The molecule has 0 aromatic rings. The van der Waals surface area contributed by atoms with E-state index in [9.17, 15) is 9.59 Å². The van der Waals surface area contributed by atoms with Crippen molar-refractivity contribution in [1.29, 1.82) is 0 Å². The minimum Gasteiger partial charge on any atom is -0.342 e. The molecule has 2 aliphatic heterocycles. The van der Waals surface area contributed by atoms with Gasteiger partial charge in [0.1, 0.15) is 0 Å². The zero-order valence-electron chi connectivity index (χ0n) is 12.1. The summed E-state index contributed by atoms with van der Waals surface area (Å²) in [4.78, 5) is 28.9. The number of rotatable bonds is 2. The smallest absolute Gasteiger partial charge is 0.227 e. The van der Waals surface area contributed by atoms with Gasteiger partial charge < -0.3 is 9.80 Å². The number of likely N-dealkylation sites (tertiary alicyclic amines) is 2. The van der Waals surface area contributed by atoms with Crippen LogP contribution in [-0.4, -0.2) is 47.8 Å². The molecule has 20 heavy (non-hydrogen) atoms. The average molecular weight is 276 g/mol. The maximum absolute atomic E-state index is 12.5. The molecule has 2 amide bonds. The fourth-order valence-corrected chi connectivity index (χ4v) is 3.65. The zero-order valence-corrected chi connectivity index (χ0v) is 12.1. The lowest BCUT2D eigenvalue weighted by Gasteiger charge is -2.35. The van der Waals surface area contributed by atoms with Gasteiger partial charge in [-0.15, -0.1) is 0 Å². The Kier molecular flexibility index (Phi) is 4.08. The molecule has 4 nitrogen and oxygen atoms in total. The summed E-state index contributed by atoms with van der Waals surface area (Å²) in [6.07, 6.45) is 10.1. The first kappa shape index (κ1) is 13.7. The predicted octanol–water partition coefficient (Wildman–Crippen LogP) is 1.81. The third kappa shape index (κ3) is 2.74. The molecule has 2 saturated heterocycles. The molecular weight excluding hydrogens is 252 g/mol. The molecule has 0 N–H and O–H groups in total. The standard InChI is InChI=1S/C16H24N2O2/c19-15(13-6-1-2-7-13)18-11-5-8-14(12-18)16(20)17-9-3-4-10-17/h1-2,13-14H,3-12H2/t14-/m0/s1. The molecule has 2 fully saturated rings. The van der Waals surface area contributed by atoms with Crippen molar-refractivity contribution in [3.05, 3.63) is 12.2 Å². The third-order valence-electron chi connectivity index (χ3n) is 4.86. The van der Waals surface area contributed by atoms with Crippen LogP contribution in [0.5, 0.6) is 0 Å². The van der Waals surface area contributed by atoms with Crippen LogP contribution in [0.25, 0.3) is 0 Å². The van der Waals surface area contributed by atoms with E-state index >= 15 is 0 Å². The Balaban J connectivity index is 1.58. The maximum Gasteiger partial charge on any atom is 0.227 e. The molecule has 1 atom stereocenters. The van der Waals surface area contributed by atoms with Crippen molar-refractivity contribution in [3.63, 3.8) is 0 Å². The summed E-state index contributed by atoms with van der Waals surface area (Å²) < 4.78 is 0. The van der Waals surface area contributed by atoms with Gasteiger partial charge in [-0.1, -0.05) is 12.2 Å². The molecule has 0 aromatic carbocycles. The molecule has 4 heteroatoms. The van der Waals surface area contributed by atoms with E-state index in [-0.39, 0.29) is 23.7 Å². The van der Waals surface area contributed by atoms with Gasteiger partial charge in [0.15, 0.2) is 0 Å². The molecular formula is C16H24N2O2. The van der Waals surface area contributed by atoms with Gasteiger partial charge in [-0.05, 0) is 38.5 Å². The normalized spacial score (nSPS) is 27.3. The maximum atomic E-state index is 12.5. The topological polar surface area (TPSA) is 40.6 Å². The van der Waals surface area contributed by atoms with Gasteiger partial charge in [0.2, 0.25) is 11.8 Å². The Morgan fingerprint density at radius 3 is 2.10 bits per heavy atom. The number of piperidine rings is 1. The van der Waals surface area contributed by atoms with Crippen LogP contribution in [0.4, 0.5) is 0 Å². The molecule has 0 bridgehead atoms. The fraction of sp³-hybridized carbons (Fsp3) is 0.750. The van der Waals surface area contributed by atoms with Crippen LogP contribution in [0.1, 0.15) is 38.5 Å². The van der Waals surface area contributed by atoms with E-state index in [0.717, 1.165) is 58.2 Å². The van der Waals surface area contributed by atoms with Crippen LogP contribution in [0, 0.1) is 11.8 Å². The van der Waals surface area contributed by atoms with Crippen molar-refractivity contribution in [2.45, 2.75) is 38.5 Å². The Labute approximate surface area is 120 Å². The van der Waals surface area contributed by atoms with Crippen molar-refractivity contribution in [3.8, 4) is 0 Å². The Morgan fingerprint density at radius 1 is 0.800 bits per heavy atom. The summed E-state index contributed by atoms with van der Waals surface area (Å²) in [6.45, 7) is 3.30. The van der Waals surface area contributed by atoms with E-state index in [1.54, 1.807) is 0 Å². The highest BCUT2D eigenvalue weighted by Gasteiger charge is 2.34. The highest BCUT2D eigenvalue weighted by molar-refractivity contribution is 5.83. The van der Waals surface area contributed by atoms with E-state index in [1.807, 2.05) is 9.80 Å². The quantitative estimate of drug-likeness (QED) is 0.722. The minimum atomic E-state index is 0.0418. The van der Waals surface area contributed by atoms with Crippen LogP contribution < -0.4 is 0 Å². The minimum absolute atomic E-state index is 0.0418. The van der Waals surface area contributed by atoms with Gasteiger partial charge in [-0.3, -0.25) is 9.59 Å². The highest BCUT2D eigenvalue weighted by atomic mass is 16.2. The lowest BCUT2D eigenvalue weighted by molar-refractivity contribution is -0.142. The summed E-state index contributed by atoms with van der Waals surface area (Å²) in [6, 6.07) is 0. The number of carbonyl (C=O) groups is 2. The monoisotopic (exact) mass is 276 g/mol. The van der Waals surface area contributed by atoms with Crippen LogP contribution in [-0.2, 0) is 9.59 Å². The second-order valence-electron chi connectivity index (χ2n) is 6.30. The summed E-state index contributed by atoms with van der Waals surface area (Å²) in [5.41, 5.74) is 0. The van der Waals surface area contributed by atoms with E-state index in [4.69, 9.17) is 0 Å². The van der Waals surface area contributed by atoms with E-state index in [0.29, 0.717) is 6.54 Å². The SMILES string of the molecule is O=C(C1CC=CC1)N1CCC[C@H](C(=O)N2CCCC2)C1. The van der Waals surface area contributed by atoms with Gasteiger partial charge in [0.05, 0.1) is 5.92 Å².